The molecule has 8 heteroatoms. The van der Waals surface area contributed by atoms with Crippen LogP contribution in [0.3, 0.4) is 0 Å². The van der Waals surface area contributed by atoms with Gasteiger partial charge in [0.25, 0.3) is 0 Å². The van der Waals surface area contributed by atoms with Gasteiger partial charge in [-0.25, -0.2) is 19.6 Å². The van der Waals surface area contributed by atoms with E-state index >= 15 is 0 Å². The second-order valence-electron chi connectivity index (χ2n) is 6.64. The van der Waals surface area contributed by atoms with Crippen LogP contribution in [0, 0.1) is 0 Å². The minimum Gasteiger partial charge on any atom is -0.438 e. The smallest absolute Gasteiger partial charge is 0.214 e. The maximum Gasteiger partial charge on any atom is 0.214 e. The highest BCUT2D eigenvalue weighted by atomic mass is 32.1. The van der Waals surface area contributed by atoms with Gasteiger partial charge >= 0.3 is 0 Å². The lowest BCUT2D eigenvalue weighted by Gasteiger charge is -2.19. The standard InChI is InChI=1S/C17H18N6OS/c1-17(2,3)23-16-11(7-22-23)15(20-10-21-16)19-9-14-18-8-12(24-14)13-5-4-6-25-13/h4-8,10H,9H2,1-3H3,(H,19,20,21). The third kappa shape index (κ3) is 3.00. The fourth-order valence-corrected chi connectivity index (χ4v) is 3.23. The summed E-state index contributed by atoms with van der Waals surface area (Å²) in [5, 5.41) is 10.6. The number of thiophene rings is 1. The van der Waals surface area contributed by atoms with Crippen molar-refractivity contribution in [2.75, 3.05) is 5.32 Å². The van der Waals surface area contributed by atoms with Crippen LogP contribution in [0.1, 0.15) is 26.7 Å². The number of hydrogen-bond donors (Lipinski definition) is 1. The maximum atomic E-state index is 5.79. The molecule has 1 N–H and O–H groups in total. The number of anilines is 1. The average Bonchev–Trinajstić information content (AvgIpc) is 3.30. The molecule has 4 aromatic rings. The molecule has 7 nitrogen and oxygen atoms in total. The van der Waals surface area contributed by atoms with E-state index in [9.17, 15) is 0 Å². The first-order valence-corrected chi connectivity index (χ1v) is 8.82. The van der Waals surface area contributed by atoms with Crippen molar-refractivity contribution in [1.29, 1.82) is 0 Å². The molecule has 0 atom stereocenters. The van der Waals surface area contributed by atoms with Gasteiger partial charge in [-0.1, -0.05) is 6.07 Å². The fraction of sp³-hybridized carbons (Fsp3) is 0.294. The molecule has 0 unspecified atom stereocenters. The Balaban J connectivity index is 1.56. The van der Waals surface area contributed by atoms with Gasteiger partial charge in [-0.15, -0.1) is 11.3 Å². The topological polar surface area (TPSA) is 81.7 Å². The Labute approximate surface area is 148 Å². The van der Waals surface area contributed by atoms with Crippen molar-refractivity contribution in [3.8, 4) is 10.6 Å². The van der Waals surface area contributed by atoms with E-state index < -0.39 is 0 Å². The summed E-state index contributed by atoms with van der Waals surface area (Å²) in [5.41, 5.74) is 0.655. The highest BCUT2D eigenvalue weighted by molar-refractivity contribution is 7.13. The summed E-state index contributed by atoms with van der Waals surface area (Å²) in [5.74, 6) is 2.11. The molecule has 0 aliphatic rings. The zero-order valence-corrected chi connectivity index (χ0v) is 15.0. The Morgan fingerprint density at radius 2 is 2.08 bits per heavy atom. The Morgan fingerprint density at radius 3 is 2.84 bits per heavy atom. The van der Waals surface area contributed by atoms with Crippen LogP contribution < -0.4 is 5.32 Å². The van der Waals surface area contributed by atoms with Crippen LogP contribution in [0.4, 0.5) is 5.82 Å². The van der Waals surface area contributed by atoms with Crippen molar-refractivity contribution in [2.45, 2.75) is 32.9 Å². The molecular formula is C17H18N6OS. The molecule has 4 aromatic heterocycles. The summed E-state index contributed by atoms with van der Waals surface area (Å²) in [6.45, 7) is 6.72. The number of oxazole rings is 1. The lowest BCUT2D eigenvalue weighted by atomic mass is 10.1. The Kier molecular flexibility index (Phi) is 3.76. The Bertz CT molecular complexity index is 996. The van der Waals surface area contributed by atoms with Crippen LogP contribution in [-0.2, 0) is 12.1 Å². The van der Waals surface area contributed by atoms with Crippen LogP contribution in [0.2, 0.25) is 0 Å². The highest BCUT2D eigenvalue weighted by Crippen LogP contribution is 2.26. The van der Waals surface area contributed by atoms with Gasteiger partial charge in [-0.3, -0.25) is 0 Å². The number of rotatable bonds is 4. The van der Waals surface area contributed by atoms with Gasteiger partial charge in [0.05, 0.1) is 34.7 Å². The fourth-order valence-electron chi connectivity index (χ4n) is 2.56. The summed E-state index contributed by atoms with van der Waals surface area (Å²) in [7, 11) is 0. The molecule has 4 heterocycles. The van der Waals surface area contributed by atoms with E-state index in [2.05, 4.69) is 46.1 Å². The molecule has 0 radical (unpaired) electrons. The monoisotopic (exact) mass is 354 g/mol. The van der Waals surface area contributed by atoms with Crippen molar-refractivity contribution < 1.29 is 4.42 Å². The Hall–Kier alpha value is -2.74. The van der Waals surface area contributed by atoms with Gasteiger partial charge < -0.3 is 9.73 Å². The van der Waals surface area contributed by atoms with Crippen molar-refractivity contribution in [3.63, 3.8) is 0 Å². The van der Waals surface area contributed by atoms with Gasteiger partial charge in [0, 0.05) is 0 Å². The molecule has 4 rings (SSSR count). The average molecular weight is 354 g/mol. The first kappa shape index (κ1) is 15.8. The third-order valence-electron chi connectivity index (χ3n) is 3.73. The molecule has 0 spiro atoms. The molecule has 128 valence electrons. The second-order valence-corrected chi connectivity index (χ2v) is 7.58. The SMILES string of the molecule is CC(C)(C)n1ncc2c(NCc3ncc(-c4cccs4)o3)ncnc21. The van der Waals surface area contributed by atoms with E-state index in [-0.39, 0.29) is 5.54 Å². The molecule has 0 bridgehead atoms. The minimum absolute atomic E-state index is 0.147. The normalized spacial score (nSPS) is 12.0. The van der Waals surface area contributed by atoms with Crippen molar-refractivity contribution in [1.82, 2.24) is 24.7 Å². The largest absolute Gasteiger partial charge is 0.438 e. The van der Waals surface area contributed by atoms with Gasteiger partial charge in [-0.2, -0.15) is 5.10 Å². The van der Waals surface area contributed by atoms with Crippen LogP contribution in [-0.4, -0.2) is 24.7 Å². The van der Waals surface area contributed by atoms with E-state index in [0.717, 1.165) is 27.5 Å². The molecule has 0 amide bonds. The predicted octanol–water partition coefficient (Wildman–Crippen LogP) is 3.91. The molecule has 0 aromatic carbocycles. The van der Waals surface area contributed by atoms with E-state index in [1.54, 1.807) is 30.1 Å². The van der Waals surface area contributed by atoms with Crippen molar-refractivity contribution >= 4 is 28.2 Å². The molecule has 0 aliphatic heterocycles. The lowest BCUT2D eigenvalue weighted by molar-refractivity contribution is 0.366. The summed E-state index contributed by atoms with van der Waals surface area (Å²) in [6.07, 6.45) is 5.08. The first-order chi connectivity index (χ1) is 12.0. The molecule has 0 saturated heterocycles. The molecule has 0 aliphatic carbocycles. The molecule has 25 heavy (non-hydrogen) atoms. The van der Waals surface area contributed by atoms with E-state index in [1.807, 2.05) is 22.2 Å². The van der Waals surface area contributed by atoms with Crippen LogP contribution in [0.5, 0.6) is 0 Å². The Morgan fingerprint density at radius 1 is 1.20 bits per heavy atom. The van der Waals surface area contributed by atoms with Crippen LogP contribution >= 0.6 is 11.3 Å². The quantitative estimate of drug-likeness (QED) is 0.598. The van der Waals surface area contributed by atoms with Crippen LogP contribution in [0.25, 0.3) is 21.7 Å². The first-order valence-electron chi connectivity index (χ1n) is 7.94. The minimum atomic E-state index is -0.147. The molecule has 0 fully saturated rings. The number of hydrogen-bond acceptors (Lipinski definition) is 7. The summed E-state index contributed by atoms with van der Waals surface area (Å²) < 4.78 is 7.69. The third-order valence-corrected chi connectivity index (χ3v) is 4.61. The maximum absolute atomic E-state index is 5.79. The summed E-state index contributed by atoms with van der Waals surface area (Å²) in [4.78, 5) is 14.1. The summed E-state index contributed by atoms with van der Waals surface area (Å²) in [6, 6.07) is 4.00. The van der Waals surface area contributed by atoms with E-state index in [1.165, 1.54) is 0 Å². The highest BCUT2D eigenvalue weighted by Gasteiger charge is 2.19. The van der Waals surface area contributed by atoms with Crippen LogP contribution in [0.15, 0.2) is 40.7 Å². The number of fused-ring (bicyclic) bond motifs is 1. The molecular weight excluding hydrogens is 336 g/mol. The second kappa shape index (κ2) is 5.96. The van der Waals surface area contributed by atoms with Gasteiger partial charge in [-0.05, 0) is 32.2 Å². The zero-order chi connectivity index (χ0) is 17.4. The van der Waals surface area contributed by atoms with Gasteiger partial charge in [0.2, 0.25) is 5.89 Å². The zero-order valence-electron chi connectivity index (χ0n) is 14.2. The summed E-state index contributed by atoms with van der Waals surface area (Å²) >= 11 is 1.62. The van der Waals surface area contributed by atoms with Gasteiger partial charge in [0.1, 0.15) is 12.1 Å². The molecule has 0 saturated carbocycles. The number of nitrogens with one attached hydrogen (secondary N) is 1. The van der Waals surface area contributed by atoms with Crippen molar-refractivity contribution in [2.24, 2.45) is 0 Å². The van der Waals surface area contributed by atoms with Gasteiger partial charge in [0.15, 0.2) is 11.4 Å². The number of nitrogens with zero attached hydrogens (tertiary/aromatic N) is 5. The van der Waals surface area contributed by atoms with E-state index in [0.29, 0.717) is 12.4 Å². The lowest BCUT2D eigenvalue weighted by Crippen LogP contribution is -2.23. The van der Waals surface area contributed by atoms with E-state index in [4.69, 9.17) is 4.42 Å². The number of aromatic nitrogens is 5. The predicted molar refractivity (Wildman–Crippen MR) is 97.5 cm³/mol. The van der Waals surface area contributed by atoms with Crippen molar-refractivity contribution in [3.05, 3.63) is 42.1 Å².